The molecule has 0 aromatic heterocycles. The van der Waals surface area contributed by atoms with Gasteiger partial charge in [0, 0.05) is 7.11 Å². The molecule has 0 amide bonds. The Labute approximate surface area is 131 Å². The predicted molar refractivity (Wildman–Crippen MR) is 78.5 cm³/mol. The van der Waals surface area contributed by atoms with Crippen LogP contribution in [0.15, 0.2) is 0 Å². The molecule has 1 saturated heterocycles. The van der Waals surface area contributed by atoms with E-state index in [9.17, 15) is 5.11 Å². The van der Waals surface area contributed by atoms with Crippen LogP contribution in [0, 0.1) is 37.0 Å². The Kier molecular flexibility index (Phi) is 8.58. The molecule has 0 bridgehead atoms. The summed E-state index contributed by atoms with van der Waals surface area (Å²) in [4.78, 5) is 0. The largest absolute Gasteiger partial charge is 0.394 e. The van der Waals surface area contributed by atoms with E-state index in [2.05, 4.69) is 17.8 Å². The van der Waals surface area contributed by atoms with E-state index >= 15 is 0 Å². The molecule has 22 heavy (non-hydrogen) atoms. The third kappa shape index (κ3) is 4.73. The molecule has 1 aliphatic rings. The molecule has 5 atom stereocenters. The molecule has 0 unspecified atom stereocenters. The highest BCUT2D eigenvalue weighted by Gasteiger charge is 2.48. The van der Waals surface area contributed by atoms with Crippen molar-refractivity contribution in [1.82, 2.24) is 0 Å². The first-order valence-electron chi connectivity index (χ1n) is 6.67. The van der Waals surface area contributed by atoms with Crippen molar-refractivity contribution in [2.75, 3.05) is 33.5 Å². The minimum atomic E-state index is -0.779. The molecule has 0 aliphatic carbocycles. The number of hydrogen-bond donors (Lipinski definition) is 1. The molecule has 0 saturated carbocycles. The van der Waals surface area contributed by atoms with E-state index in [1.54, 1.807) is 0 Å². The highest BCUT2D eigenvalue weighted by Crippen LogP contribution is 2.28. The predicted octanol–water partition coefficient (Wildman–Crippen LogP) is -0.595. The maximum atomic E-state index is 9.50. The first-order valence-corrected chi connectivity index (χ1v) is 6.67. The fourth-order valence-corrected chi connectivity index (χ4v) is 2.22. The Morgan fingerprint density at radius 1 is 0.909 bits per heavy atom. The van der Waals surface area contributed by atoms with Crippen molar-refractivity contribution in [3.63, 3.8) is 0 Å². The number of aliphatic hydroxyl groups is 1. The fourth-order valence-electron chi connectivity index (χ4n) is 2.22. The molecule has 120 valence electrons. The minimum Gasteiger partial charge on any atom is -0.394 e. The topological polar surface area (TPSA) is 66.4 Å². The molecule has 0 aromatic carbocycles. The van der Waals surface area contributed by atoms with Gasteiger partial charge in [0.1, 0.15) is 44.2 Å². The molecular formula is C16H20O6. The van der Waals surface area contributed by atoms with Gasteiger partial charge < -0.3 is 28.8 Å². The van der Waals surface area contributed by atoms with E-state index in [0.29, 0.717) is 0 Å². The van der Waals surface area contributed by atoms with Crippen molar-refractivity contribution in [3.05, 3.63) is 0 Å². The monoisotopic (exact) mass is 308 g/mol. The standard InChI is InChI=1S/C16H20O6/c1-5-8-19-13-12(11-17)22-16(18-4)15(21-10-7-3)14(13)20-9-6-2/h1-3,12-17H,8-11H2,4H3/t12-,13-,14+,15+,16+/m1/s1. The van der Waals surface area contributed by atoms with Crippen LogP contribution in [0.5, 0.6) is 0 Å². The molecule has 6 heteroatoms. The second-order valence-electron chi connectivity index (χ2n) is 4.40. The van der Waals surface area contributed by atoms with E-state index in [1.165, 1.54) is 7.11 Å². The van der Waals surface area contributed by atoms with E-state index in [1.807, 2.05) is 0 Å². The number of hydrogen-bond acceptors (Lipinski definition) is 6. The summed E-state index contributed by atoms with van der Waals surface area (Å²) in [6.45, 7) is -0.201. The molecule has 1 rings (SSSR count). The summed E-state index contributed by atoms with van der Waals surface area (Å²) >= 11 is 0. The van der Waals surface area contributed by atoms with Crippen LogP contribution in [0.3, 0.4) is 0 Å². The number of aliphatic hydroxyl groups excluding tert-OH is 1. The summed E-state index contributed by atoms with van der Waals surface area (Å²) in [6.07, 6.45) is 12.2. The van der Waals surface area contributed by atoms with Gasteiger partial charge >= 0.3 is 0 Å². The normalized spacial score (nSPS) is 31.0. The van der Waals surface area contributed by atoms with Crippen LogP contribution in [0.25, 0.3) is 0 Å². The first-order chi connectivity index (χ1) is 10.7. The molecule has 1 N–H and O–H groups in total. The van der Waals surface area contributed by atoms with E-state index < -0.39 is 30.7 Å². The number of ether oxygens (including phenoxy) is 5. The van der Waals surface area contributed by atoms with Crippen LogP contribution in [0.4, 0.5) is 0 Å². The van der Waals surface area contributed by atoms with Crippen molar-refractivity contribution in [3.8, 4) is 37.0 Å². The number of rotatable bonds is 8. The molecule has 1 heterocycles. The third-order valence-corrected chi connectivity index (χ3v) is 3.08. The zero-order valence-corrected chi connectivity index (χ0v) is 12.4. The average molecular weight is 308 g/mol. The van der Waals surface area contributed by atoms with Crippen molar-refractivity contribution >= 4 is 0 Å². The Morgan fingerprint density at radius 3 is 1.86 bits per heavy atom. The lowest BCUT2D eigenvalue weighted by Crippen LogP contribution is -2.61. The van der Waals surface area contributed by atoms with Gasteiger partial charge in [-0.05, 0) is 0 Å². The van der Waals surface area contributed by atoms with E-state index in [4.69, 9.17) is 43.0 Å². The van der Waals surface area contributed by atoms with Gasteiger partial charge in [-0.2, -0.15) is 0 Å². The van der Waals surface area contributed by atoms with Crippen molar-refractivity contribution in [1.29, 1.82) is 0 Å². The van der Waals surface area contributed by atoms with Gasteiger partial charge in [0.05, 0.1) is 6.61 Å². The summed E-state index contributed by atoms with van der Waals surface area (Å²) in [7, 11) is 1.45. The van der Waals surface area contributed by atoms with Crippen LogP contribution in [-0.4, -0.2) is 69.3 Å². The van der Waals surface area contributed by atoms with Crippen molar-refractivity contribution < 1.29 is 28.8 Å². The Bertz CT molecular complexity index is 411. The van der Waals surface area contributed by atoms with Crippen LogP contribution in [0.2, 0.25) is 0 Å². The van der Waals surface area contributed by atoms with Gasteiger partial charge in [0.25, 0.3) is 0 Å². The summed E-state index contributed by atoms with van der Waals surface area (Å²) in [5.41, 5.74) is 0. The average Bonchev–Trinajstić information content (AvgIpc) is 2.55. The second kappa shape index (κ2) is 10.2. The summed E-state index contributed by atoms with van der Waals surface area (Å²) in [6, 6.07) is 0. The first kappa shape index (κ1) is 18.5. The van der Waals surface area contributed by atoms with Crippen LogP contribution >= 0.6 is 0 Å². The molecule has 0 radical (unpaired) electrons. The maximum absolute atomic E-state index is 9.50. The maximum Gasteiger partial charge on any atom is 0.186 e. The number of terminal acetylenes is 3. The van der Waals surface area contributed by atoms with E-state index in [-0.39, 0.29) is 26.4 Å². The van der Waals surface area contributed by atoms with E-state index in [0.717, 1.165) is 0 Å². The lowest BCUT2D eigenvalue weighted by molar-refractivity contribution is -0.312. The van der Waals surface area contributed by atoms with Gasteiger partial charge in [-0.1, -0.05) is 17.8 Å². The number of methoxy groups -OCH3 is 1. The highest BCUT2D eigenvalue weighted by atomic mass is 16.7. The van der Waals surface area contributed by atoms with Gasteiger partial charge in [0.15, 0.2) is 6.29 Å². The van der Waals surface area contributed by atoms with Crippen molar-refractivity contribution in [2.24, 2.45) is 0 Å². The molecule has 0 spiro atoms. The van der Waals surface area contributed by atoms with Gasteiger partial charge in [-0.3, -0.25) is 0 Å². The van der Waals surface area contributed by atoms with Gasteiger partial charge in [0.2, 0.25) is 0 Å². The van der Waals surface area contributed by atoms with Gasteiger partial charge in [-0.15, -0.1) is 19.3 Å². The summed E-state index contributed by atoms with van der Waals surface area (Å²) in [5.74, 6) is 7.10. The summed E-state index contributed by atoms with van der Waals surface area (Å²) in [5, 5.41) is 9.50. The molecule has 1 fully saturated rings. The smallest absolute Gasteiger partial charge is 0.186 e. The zero-order chi connectivity index (χ0) is 16.4. The van der Waals surface area contributed by atoms with Crippen LogP contribution < -0.4 is 0 Å². The Hall–Kier alpha value is -1.56. The highest BCUT2D eigenvalue weighted by molar-refractivity contribution is 4.97. The van der Waals surface area contributed by atoms with Crippen LogP contribution in [-0.2, 0) is 23.7 Å². The van der Waals surface area contributed by atoms with Gasteiger partial charge in [-0.25, -0.2) is 0 Å². The molecule has 1 aliphatic heterocycles. The Morgan fingerprint density at radius 2 is 1.41 bits per heavy atom. The lowest BCUT2D eigenvalue weighted by atomic mass is 9.98. The van der Waals surface area contributed by atoms with Crippen molar-refractivity contribution in [2.45, 2.75) is 30.7 Å². The second-order valence-corrected chi connectivity index (χ2v) is 4.40. The Balaban J connectivity index is 2.99. The lowest BCUT2D eigenvalue weighted by Gasteiger charge is -2.44. The quantitative estimate of drug-likeness (QED) is 0.604. The molecule has 6 nitrogen and oxygen atoms in total. The minimum absolute atomic E-state index is 0.0277. The zero-order valence-electron chi connectivity index (χ0n) is 12.4. The summed E-state index contributed by atoms with van der Waals surface area (Å²) < 4.78 is 27.6. The fraction of sp³-hybridized carbons (Fsp3) is 0.625. The third-order valence-electron chi connectivity index (χ3n) is 3.08. The molecule has 0 aromatic rings. The SMILES string of the molecule is C#CCO[C@@H]1[C@H](OCC#C)[C@@H](OC)O[C@H](CO)[C@H]1OCC#C. The van der Waals surface area contributed by atoms with Crippen LogP contribution in [0.1, 0.15) is 0 Å². The molecular weight excluding hydrogens is 288 g/mol.